The number of carbonyl (C=O) groups is 1. The third-order valence-electron chi connectivity index (χ3n) is 2.93. The van der Waals surface area contributed by atoms with Gasteiger partial charge in [-0.2, -0.15) is 0 Å². The van der Waals surface area contributed by atoms with Crippen LogP contribution in [0.25, 0.3) is 0 Å². The van der Waals surface area contributed by atoms with Gasteiger partial charge >= 0.3 is 0 Å². The first-order valence-corrected chi connectivity index (χ1v) is 6.04. The second-order valence-corrected chi connectivity index (χ2v) is 4.57. The summed E-state index contributed by atoms with van der Waals surface area (Å²) in [6.45, 7) is 5.39. The predicted octanol–water partition coefficient (Wildman–Crippen LogP) is 2.00. The van der Waals surface area contributed by atoms with Crippen LogP contribution in [-0.2, 0) is 11.3 Å². The molecule has 17 heavy (non-hydrogen) atoms. The molecule has 0 radical (unpaired) electrons. The van der Waals surface area contributed by atoms with Crippen molar-refractivity contribution in [2.45, 2.75) is 33.2 Å². The van der Waals surface area contributed by atoms with E-state index in [1.807, 2.05) is 7.05 Å². The first-order chi connectivity index (χ1) is 8.04. The van der Waals surface area contributed by atoms with Gasteiger partial charge in [0.15, 0.2) is 0 Å². The van der Waals surface area contributed by atoms with Crippen molar-refractivity contribution >= 4 is 5.91 Å². The Kier molecular flexibility index (Phi) is 5.16. The smallest absolute Gasteiger partial charge is 0.222 e. The molecule has 1 amide bonds. The molecule has 0 bridgehead atoms. The molecular formula is C14H22N2O. The fourth-order valence-electron chi connectivity index (χ4n) is 1.76. The Labute approximate surface area is 104 Å². The summed E-state index contributed by atoms with van der Waals surface area (Å²) in [6.07, 6.45) is 1.30. The summed E-state index contributed by atoms with van der Waals surface area (Å²) in [4.78, 5) is 13.5. The number of aryl methyl sites for hydroxylation is 2. The van der Waals surface area contributed by atoms with Gasteiger partial charge in [0, 0.05) is 20.0 Å². The molecule has 0 aromatic heterocycles. The van der Waals surface area contributed by atoms with Gasteiger partial charge in [0.05, 0.1) is 0 Å². The van der Waals surface area contributed by atoms with Gasteiger partial charge in [0.25, 0.3) is 0 Å². The monoisotopic (exact) mass is 234 g/mol. The largest absolute Gasteiger partial charge is 0.341 e. The molecule has 3 heteroatoms. The Morgan fingerprint density at radius 2 is 2.06 bits per heavy atom. The van der Waals surface area contributed by atoms with E-state index in [2.05, 4.69) is 32.0 Å². The van der Waals surface area contributed by atoms with E-state index in [1.165, 1.54) is 16.7 Å². The number of amides is 1. The maximum atomic E-state index is 11.8. The summed E-state index contributed by atoms with van der Waals surface area (Å²) in [5.41, 5.74) is 9.08. The van der Waals surface area contributed by atoms with E-state index in [9.17, 15) is 4.79 Å². The molecule has 0 aliphatic rings. The molecule has 0 aliphatic carbocycles. The lowest BCUT2D eigenvalue weighted by molar-refractivity contribution is -0.130. The maximum Gasteiger partial charge on any atom is 0.222 e. The van der Waals surface area contributed by atoms with Gasteiger partial charge in [0.2, 0.25) is 5.91 Å². The van der Waals surface area contributed by atoms with Crippen molar-refractivity contribution in [3.05, 3.63) is 34.9 Å². The number of benzene rings is 1. The van der Waals surface area contributed by atoms with Crippen molar-refractivity contribution in [1.82, 2.24) is 4.90 Å². The van der Waals surface area contributed by atoms with Crippen LogP contribution in [0.4, 0.5) is 0 Å². The summed E-state index contributed by atoms with van der Waals surface area (Å²) in [5.74, 6) is 0.163. The van der Waals surface area contributed by atoms with E-state index < -0.39 is 0 Å². The molecule has 0 atom stereocenters. The minimum atomic E-state index is 0.163. The molecule has 0 spiro atoms. The van der Waals surface area contributed by atoms with Crippen LogP contribution in [-0.4, -0.2) is 24.4 Å². The summed E-state index contributed by atoms with van der Waals surface area (Å²) >= 11 is 0. The van der Waals surface area contributed by atoms with E-state index in [0.717, 1.165) is 6.42 Å². The molecule has 1 aromatic rings. The van der Waals surface area contributed by atoms with E-state index in [0.29, 0.717) is 19.5 Å². The van der Waals surface area contributed by atoms with Crippen molar-refractivity contribution < 1.29 is 4.79 Å². The minimum Gasteiger partial charge on any atom is -0.341 e. The minimum absolute atomic E-state index is 0.163. The molecule has 0 unspecified atom stereocenters. The van der Waals surface area contributed by atoms with E-state index in [-0.39, 0.29) is 5.91 Å². The van der Waals surface area contributed by atoms with Crippen molar-refractivity contribution in [1.29, 1.82) is 0 Å². The topological polar surface area (TPSA) is 46.3 Å². The molecule has 0 heterocycles. The second-order valence-electron chi connectivity index (χ2n) is 4.57. The highest BCUT2D eigenvalue weighted by molar-refractivity contribution is 5.75. The zero-order chi connectivity index (χ0) is 12.8. The standard InChI is InChI=1S/C14H22N2O/c1-11-6-7-12(2)13(9-11)10-16(3)14(17)5-4-8-15/h6-7,9H,4-5,8,10,15H2,1-3H3. The van der Waals surface area contributed by atoms with Gasteiger partial charge in [-0.05, 0) is 37.9 Å². The Morgan fingerprint density at radius 3 is 2.71 bits per heavy atom. The zero-order valence-electron chi connectivity index (χ0n) is 11.0. The fourth-order valence-corrected chi connectivity index (χ4v) is 1.76. The number of carbonyl (C=O) groups excluding carboxylic acids is 1. The first-order valence-electron chi connectivity index (χ1n) is 6.04. The number of nitrogens with two attached hydrogens (primary N) is 1. The molecule has 94 valence electrons. The Morgan fingerprint density at radius 1 is 1.35 bits per heavy atom. The lowest BCUT2D eigenvalue weighted by atomic mass is 10.1. The first kappa shape index (κ1) is 13.7. The van der Waals surface area contributed by atoms with E-state index in [1.54, 1.807) is 4.90 Å². The average molecular weight is 234 g/mol. The van der Waals surface area contributed by atoms with Crippen molar-refractivity contribution in [3.8, 4) is 0 Å². The highest BCUT2D eigenvalue weighted by Gasteiger charge is 2.09. The van der Waals surface area contributed by atoms with Crippen LogP contribution < -0.4 is 5.73 Å². The van der Waals surface area contributed by atoms with E-state index >= 15 is 0 Å². The number of hydrogen-bond acceptors (Lipinski definition) is 2. The zero-order valence-corrected chi connectivity index (χ0v) is 11.0. The van der Waals surface area contributed by atoms with Crippen molar-refractivity contribution in [2.75, 3.05) is 13.6 Å². The molecule has 2 N–H and O–H groups in total. The third kappa shape index (κ3) is 4.19. The highest BCUT2D eigenvalue weighted by atomic mass is 16.2. The van der Waals surface area contributed by atoms with Gasteiger partial charge in [-0.1, -0.05) is 23.8 Å². The Balaban J connectivity index is 2.64. The highest BCUT2D eigenvalue weighted by Crippen LogP contribution is 2.13. The summed E-state index contributed by atoms with van der Waals surface area (Å²) in [6, 6.07) is 6.33. The van der Waals surface area contributed by atoms with Crippen LogP contribution in [0, 0.1) is 13.8 Å². The van der Waals surface area contributed by atoms with Crippen LogP contribution in [0.5, 0.6) is 0 Å². The van der Waals surface area contributed by atoms with Gasteiger partial charge < -0.3 is 10.6 Å². The van der Waals surface area contributed by atoms with Crippen LogP contribution >= 0.6 is 0 Å². The van der Waals surface area contributed by atoms with Crippen molar-refractivity contribution in [3.63, 3.8) is 0 Å². The molecular weight excluding hydrogens is 212 g/mol. The normalized spacial score (nSPS) is 10.4. The molecule has 3 nitrogen and oxygen atoms in total. The molecule has 1 rings (SSSR count). The Hall–Kier alpha value is -1.35. The molecule has 0 saturated carbocycles. The molecule has 0 saturated heterocycles. The van der Waals surface area contributed by atoms with Gasteiger partial charge in [0.1, 0.15) is 0 Å². The number of nitrogens with zero attached hydrogens (tertiary/aromatic N) is 1. The number of hydrogen-bond donors (Lipinski definition) is 1. The van der Waals surface area contributed by atoms with Crippen LogP contribution in [0.15, 0.2) is 18.2 Å². The Bertz CT molecular complexity index is 388. The molecule has 1 aromatic carbocycles. The lowest BCUT2D eigenvalue weighted by Crippen LogP contribution is -2.26. The summed E-state index contributed by atoms with van der Waals surface area (Å²) in [7, 11) is 1.85. The van der Waals surface area contributed by atoms with E-state index in [4.69, 9.17) is 5.73 Å². The molecule has 0 aliphatic heterocycles. The fraction of sp³-hybridized carbons (Fsp3) is 0.500. The summed E-state index contributed by atoms with van der Waals surface area (Å²) in [5, 5.41) is 0. The van der Waals surface area contributed by atoms with Gasteiger partial charge in [-0.15, -0.1) is 0 Å². The number of rotatable bonds is 5. The lowest BCUT2D eigenvalue weighted by Gasteiger charge is -2.18. The third-order valence-corrected chi connectivity index (χ3v) is 2.93. The second kappa shape index (κ2) is 6.40. The molecule has 0 fully saturated rings. The van der Waals surface area contributed by atoms with Crippen LogP contribution in [0.3, 0.4) is 0 Å². The van der Waals surface area contributed by atoms with Gasteiger partial charge in [-0.3, -0.25) is 4.79 Å². The van der Waals surface area contributed by atoms with Crippen molar-refractivity contribution in [2.24, 2.45) is 5.73 Å². The van der Waals surface area contributed by atoms with Crippen LogP contribution in [0.1, 0.15) is 29.5 Å². The maximum absolute atomic E-state index is 11.8. The summed E-state index contributed by atoms with van der Waals surface area (Å²) < 4.78 is 0. The quantitative estimate of drug-likeness (QED) is 0.847. The SMILES string of the molecule is Cc1ccc(C)c(CN(C)C(=O)CCCN)c1. The predicted molar refractivity (Wildman–Crippen MR) is 70.7 cm³/mol. The van der Waals surface area contributed by atoms with Crippen LogP contribution in [0.2, 0.25) is 0 Å². The average Bonchev–Trinajstić information content (AvgIpc) is 2.30. The van der Waals surface area contributed by atoms with Gasteiger partial charge in [-0.25, -0.2) is 0 Å².